The average Bonchev–Trinajstić information content (AvgIpc) is 2.63. The molecule has 0 heterocycles. The van der Waals surface area contributed by atoms with Crippen molar-refractivity contribution < 1.29 is 58.6 Å². The molecule has 3 aromatic carbocycles. The van der Waals surface area contributed by atoms with Crippen LogP contribution in [0, 0.1) is 0 Å². The molecular formula is C18H10O12. The smallest absolute Gasteiger partial charge is 0.449 e. The van der Waals surface area contributed by atoms with Crippen LogP contribution in [-0.2, 0) is 0 Å². The Kier molecular flexibility index (Phi) is 5.14. The summed E-state index contributed by atoms with van der Waals surface area (Å²) in [5.41, 5.74) is 0. The van der Waals surface area contributed by atoms with Crippen molar-refractivity contribution in [3.05, 3.63) is 36.4 Å². The first-order valence-corrected chi connectivity index (χ1v) is 7.82. The summed E-state index contributed by atoms with van der Waals surface area (Å²) < 4.78 is 18.5. The van der Waals surface area contributed by atoms with Crippen molar-refractivity contribution in [3.63, 3.8) is 0 Å². The molecule has 0 aliphatic heterocycles. The SMILES string of the molecule is O=C(O)Oc1ccc2cc3c(OC(=O)O)c(OC(=O)O)ccc3cc2c1OC(=O)O. The monoisotopic (exact) mass is 418 g/mol. The number of hydrogen-bond acceptors (Lipinski definition) is 8. The van der Waals surface area contributed by atoms with Gasteiger partial charge in [-0.1, -0.05) is 12.1 Å². The summed E-state index contributed by atoms with van der Waals surface area (Å²) in [6.07, 6.45) is -6.84. The van der Waals surface area contributed by atoms with Crippen LogP contribution in [-0.4, -0.2) is 45.0 Å². The Labute approximate surface area is 165 Å². The number of rotatable bonds is 4. The summed E-state index contributed by atoms with van der Waals surface area (Å²) in [6.45, 7) is 0. The molecule has 0 saturated carbocycles. The lowest BCUT2D eigenvalue weighted by Crippen LogP contribution is -2.09. The van der Waals surface area contributed by atoms with E-state index in [1.807, 2.05) is 0 Å². The Morgan fingerprint density at radius 3 is 1.17 bits per heavy atom. The van der Waals surface area contributed by atoms with E-state index < -0.39 is 36.1 Å². The van der Waals surface area contributed by atoms with Crippen molar-refractivity contribution in [2.45, 2.75) is 0 Å². The number of benzene rings is 3. The number of ether oxygens (including phenoxy) is 4. The quantitative estimate of drug-likeness (QED) is 0.269. The van der Waals surface area contributed by atoms with E-state index in [-0.39, 0.29) is 33.0 Å². The fourth-order valence-electron chi connectivity index (χ4n) is 2.78. The molecule has 12 heteroatoms. The Morgan fingerprint density at radius 2 is 0.867 bits per heavy atom. The molecule has 0 amide bonds. The largest absolute Gasteiger partial charge is 0.511 e. The first kappa shape index (κ1) is 20.0. The molecule has 0 bridgehead atoms. The van der Waals surface area contributed by atoms with E-state index in [0.29, 0.717) is 0 Å². The van der Waals surface area contributed by atoms with Crippen molar-refractivity contribution in [1.82, 2.24) is 0 Å². The van der Waals surface area contributed by atoms with Gasteiger partial charge >= 0.3 is 24.6 Å². The summed E-state index contributed by atoms with van der Waals surface area (Å²) >= 11 is 0. The van der Waals surface area contributed by atoms with Gasteiger partial charge in [0, 0.05) is 10.8 Å². The second-order valence-electron chi connectivity index (χ2n) is 5.55. The maximum Gasteiger partial charge on any atom is 0.511 e. The fraction of sp³-hybridized carbons (Fsp3) is 0. The second kappa shape index (κ2) is 7.71. The van der Waals surface area contributed by atoms with Crippen molar-refractivity contribution in [2.75, 3.05) is 0 Å². The maximum atomic E-state index is 11.1. The van der Waals surface area contributed by atoms with Gasteiger partial charge in [-0.25, -0.2) is 19.2 Å². The van der Waals surface area contributed by atoms with Crippen LogP contribution in [0.4, 0.5) is 19.2 Å². The van der Waals surface area contributed by atoms with E-state index in [1.165, 1.54) is 24.3 Å². The van der Waals surface area contributed by atoms with Crippen molar-refractivity contribution in [2.24, 2.45) is 0 Å². The van der Waals surface area contributed by atoms with Crippen LogP contribution < -0.4 is 18.9 Å². The summed E-state index contributed by atoms with van der Waals surface area (Å²) in [4.78, 5) is 43.8. The highest BCUT2D eigenvalue weighted by atomic mass is 16.7. The molecule has 0 saturated heterocycles. The molecule has 0 spiro atoms. The van der Waals surface area contributed by atoms with Crippen LogP contribution in [0.15, 0.2) is 36.4 Å². The van der Waals surface area contributed by atoms with Crippen molar-refractivity contribution in [3.8, 4) is 23.0 Å². The highest BCUT2D eigenvalue weighted by Crippen LogP contribution is 2.42. The van der Waals surface area contributed by atoms with Crippen LogP contribution >= 0.6 is 0 Å². The molecule has 0 radical (unpaired) electrons. The molecule has 0 aliphatic rings. The van der Waals surface area contributed by atoms with Crippen LogP contribution in [0.5, 0.6) is 23.0 Å². The second-order valence-corrected chi connectivity index (χ2v) is 5.55. The van der Waals surface area contributed by atoms with Crippen LogP contribution in [0.25, 0.3) is 21.5 Å². The van der Waals surface area contributed by atoms with Gasteiger partial charge in [-0.05, 0) is 35.0 Å². The zero-order valence-corrected chi connectivity index (χ0v) is 14.5. The molecule has 0 aliphatic carbocycles. The topological polar surface area (TPSA) is 186 Å². The molecule has 154 valence electrons. The summed E-state index contributed by atoms with van der Waals surface area (Å²) in [7, 11) is 0. The minimum absolute atomic E-state index is 0.122. The number of hydrogen-bond donors (Lipinski definition) is 4. The summed E-state index contributed by atoms with van der Waals surface area (Å²) in [5.74, 6) is -1.58. The van der Waals surface area contributed by atoms with Gasteiger partial charge in [0.2, 0.25) is 0 Å². The summed E-state index contributed by atoms with van der Waals surface area (Å²) in [5, 5.41) is 36.4. The molecule has 12 nitrogen and oxygen atoms in total. The first-order valence-electron chi connectivity index (χ1n) is 7.82. The Morgan fingerprint density at radius 1 is 0.533 bits per heavy atom. The zero-order valence-electron chi connectivity index (χ0n) is 14.5. The Balaban J connectivity index is 2.32. The summed E-state index contributed by atoms with van der Waals surface area (Å²) in [6, 6.07) is 7.70. The molecule has 0 atom stereocenters. The van der Waals surface area contributed by atoms with Gasteiger partial charge < -0.3 is 39.4 Å². The number of carbonyl (C=O) groups is 4. The van der Waals surface area contributed by atoms with E-state index in [4.69, 9.17) is 20.4 Å². The lowest BCUT2D eigenvalue weighted by Gasteiger charge is -2.14. The van der Waals surface area contributed by atoms with E-state index in [0.717, 1.165) is 12.1 Å². The average molecular weight is 418 g/mol. The molecule has 0 unspecified atom stereocenters. The van der Waals surface area contributed by atoms with E-state index in [2.05, 4.69) is 18.9 Å². The predicted octanol–water partition coefficient (Wildman–Crippen LogP) is 4.22. The maximum absolute atomic E-state index is 11.1. The van der Waals surface area contributed by atoms with Crippen LogP contribution in [0.3, 0.4) is 0 Å². The highest BCUT2D eigenvalue weighted by molar-refractivity contribution is 6.06. The van der Waals surface area contributed by atoms with Crippen molar-refractivity contribution >= 4 is 46.2 Å². The minimum atomic E-state index is -1.72. The highest BCUT2D eigenvalue weighted by Gasteiger charge is 2.21. The third kappa shape index (κ3) is 4.06. The molecule has 0 aromatic heterocycles. The Hall–Kier alpha value is -4.74. The molecule has 3 aromatic rings. The van der Waals surface area contributed by atoms with E-state index >= 15 is 0 Å². The zero-order chi connectivity index (χ0) is 22.0. The van der Waals surface area contributed by atoms with Gasteiger partial charge in [0.05, 0.1) is 0 Å². The van der Waals surface area contributed by atoms with E-state index in [9.17, 15) is 19.2 Å². The molecule has 30 heavy (non-hydrogen) atoms. The van der Waals surface area contributed by atoms with Gasteiger partial charge in [0.25, 0.3) is 0 Å². The van der Waals surface area contributed by atoms with Crippen LogP contribution in [0.2, 0.25) is 0 Å². The Bertz CT molecular complexity index is 1120. The van der Waals surface area contributed by atoms with Crippen LogP contribution in [0.1, 0.15) is 0 Å². The van der Waals surface area contributed by atoms with Gasteiger partial charge in [0.1, 0.15) is 0 Å². The molecule has 3 rings (SSSR count). The number of carboxylic acid groups (broad SMARTS) is 4. The third-order valence-corrected chi connectivity index (χ3v) is 3.76. The van der Waals surface area contributed by atoms with Gasteiger partial charge in [-0.2, -0.15) is 0 Å². The van der Waals surface area contributed by atoms with Gasteiger partial charge in [0.15, 0.2) is 23.0 Å². The van der Waals surface area contributed by atoms with E-state index in [1.54, 1.807) is 0 Å². The normalized spacial score (nSPS) is 10.4. The predicted molar refractivity (Wildman–Crippen MR) is 96.1 cm³/mol. The molecule has 0 fully saturated rings. The first-order chi connectivity index (χ1) is 14.2. The fourth-order valence-corrected chi connectivity index (χ4v) is 2.78. The standard InChI is InChI=1S/C18H10O12/c19-15(20)27-11-3-1-7-5-10-8(6-9(7)13(11)29-17(23)24)2-4-12(28-16(21)22)14(10)30-18(25)26/h1-6H,(H,19,20)(H,21,22)(H,23,24)(H,25,26). The van der Waals surface area contributed by atoms with Gasteiger partial charge in [-0.3, -0.25) is 0 Å². The molecule has 4 N–H and O–H groups in total. The lowest BCUT2D eigenvalue weighted by molar-refractivity contribution is 0.133. The van der Waals surface area contributed by atoms with Crippen molar-refractivity contribution in [1.29, 1.82) is 0 Å². The minimum Gasteiger partial charge on any atom is -0.449 e. The molecular weight excluding hydrogens is 408 g/mol. The third-order valence-electron chi connectivity index (χ3n) is 3.76. The lowest BCUT2D eigenvalue weighted by atomic mass is 10.0. The number of fused-ring (bicyclic) bond motifs is 2. The van der Waals surface area contributed by atoms with Gasteiger partial charge in [-0.15, -0.1) is 0 Å².